The molecule has 0 unspecified atom stereocenters. The van der Waals surface area contributed by atoms with Gasteiger partial charge in [0.25, 0.3) is 0 Å². The Morgan fingerprint density at radius 2 is 1.88 bits per heavy atom. The molecule has 0 aliphatic carbocycles. The molecule has 0 radical (unpaired) electrons. The highest BCUT2D eigenvalue weighted by Gasteiger charge is 2.14. The van der Waals surface area contributed by atoms with E-state index in [0.29, 0.717) is 26.2 Å². The molecule has 0 aliphatic rings. The molecule has 1 N–H and O–H groups in total. The molecule has 140 valence electrons. The highest BCUT2D eigenvalue weighted by Crippen LogP contribution is 2.16. The molecule has 1 atom stereocenters. The van der Waals surface area contributed by atoms with E-state index in [1.54, 1.807) is 18.2 Å². The molecule has 0 spiro atoms. The normalized spacial score (nSPS) is 12.3. The van der Waals surface area contributed by atoms with Gasteiger partial charge in [-0.05, 0) is 42.7 Å². The Kier molecular flexibility index (Phi) is 7.98. The van der Waals surface area contributed by atoms with Crippen LogP contribution in [0.1, 0.15) is 22.3 Å². The van der Waals surface area contributed by atoms with Gasteiger partial charge in [0.1, 0.15) is 5.82 Å². The van der Waals surface area contributed by atoms with E-state index in [2.05, 4.69) is 43.5 Å². The number of rotatable bonds is 10. The molecule has 0 aliphatic heterocycles. The Balaban J connectivity index is 2.08. The van der Waals surface area contributed by atoms with Crippen LogP contribution in [0, 0.1) is 19.7 Å². The minimum Gasteiger partial charge on any atom is -0.389 e. The lowest BCUT2D eigenvalue weighted by molar-refractivity contribution is 0.0228. The van der Waals surface area contributed by atoms with E-state index >= 15 is 0 Å². The number of aliphatic hydroxyl groups is 1. The maximum absolute atomic E-state index is 13.2. The van der Waals surface area contributed by atoms with Crippen molar-refractivity contribution in [3.8, 4) is 0 Å². The predicted molar refractivity (Wildman–Crippen MR) is 103 cm³/mol. The fourth-order valence-electron chi connectivity index (χ4n) is 2.94. The summed E-state index contributed by atoms with van der Waals surface area (Å²) in [7, 11) is 0. The summed E-state index contributed by atoms with van der Waals surface area (Å²) in [4.78, 5) is 2.16. The van der Waals surface area contributed by atoms with Gasteiger partial charge in [0.2, 0.25) is 0 Å². The van der Waals surface area contributed by atoms with Crippen molar-refractivity contribution in [1.29, 1.82) is 0 Å². The number of ether oxygens (including phenoxy) is 1. The average Bonchev–Trinajstić information content (AvgIpc) is 2.59. The number of aryl methyl sites for hydroxylation is 2. The van der Waals surface area contributed by atoms with Crippen LogP contribution < -0.4 is 0 Å². The fraction of sp³-hybridized carbons (Fsp3) is 0.364. The van der Waals surface area contributed by atoms with Crippen molar-refractivity contribution in [3.05, 3.63) is 83.2 Å². The van der Waals surface area contributed by atoms with Gasteiger partial charge >= 0.3 is 0 Å². The largest absolute Gasteiger partial charge is 0.389 e. The summed E-state index contributed by atoms with van der Waals surface area (Å²) in [5.41, 5.74) is 4.69. The standard InChI is InChI=1S/C22H28FNO2/c1-4-11-26-16-22(25)15-24(13-19-6-9-21(23)10-7-19)14-20-8-5-17(2)12-18(20)3/h4-10,12,22,25H,1,11,13-16H2,2-3H3/t22-/m1/s1. The van der Waals surface area contributed by atoms with Crippen LogP contribution in [0.25, 0.3) is 0 Å². The number of hydrogen-bond acceptors (Lipinski definition) is 3. The lowest BCUT2D eigenvalue weighted by Crippen LogP contribution is -2.34. The molecule has 0 aromatic heterocycles. The zero-order valence-electron chi connectivity index (χ0n) is 15.6. The minimum atomic E-state index is -0.596. The Hall–Kier alpha value is -2.01. The van der Waals surface area contributed by atoms with E-state index in [1.807, 2.05) is 0 Å². The number of nitrogens with zero attached hydrogens (tertiary/aromatic N) is 1. The molecule has 26 heavy (non-hydrogen) atoms. The summed E-state index contributed by atoms with van der Waals surface area (Å²) in [6.45, 7) is 10.3. The summed E-state index contributed by atoms with van der Waals surface area (Å²) in [6.07, 6.45) is 1.07. The SMILES string of the molecule is C=CCOC[C@H](O)CN(Cc1ccc(F)cc1)Cc1ccc(C)cc1C. The minimum absolute atomic E-state index is 0.243. The van der Waals surface area contributed by atoms with E-state index in [9.17, 15) is 9.50 Å². The molecular weight excluding hydrogens is 329 g/mol. The smallest absolute Gasteiger partial charge is 0.123 e. The van der Waals surface area contributed by atoms with Crippen molar-refractivity contribution in [2.24, 2.45) is 0 Å². The van der Waals surface area contributed by atoms with Gasteiger partial charge < -0.3 is 9.84 Å². The van der Waals surface area contributed by atoms with Crippen LogP contribution in [0.15, 0.2) is 55.1 Å². The third kappa shape index (κ3) is 6.71. The zero-order chi connectivity index (χ0) is 18.9. The van der Waals surface area contributed by atoms with Gasteiger partial charge in [0.15, 0.2) is 0 Å². The van der Waals surface area contributed by atoms with Crippen molar-refractivity contribution >= 4 is 0 Å². The van der Waals surface area contributed by atoms with Crippen molar-refractivity contribution in [3.63, 3.8) is 0 Å². The van der Waals surface area contributed by atoms with E-state index in [1.165, 1.54) is 28.8 Å². The van der Waals surface area contributed by atoms with Gasteiger partial charge in [0.05, 0.1) is 19.3 Å². The van der Waals surface area contributed by atoms with Gasteiger partial charge in [-0.3, -0.25) is 4.90 Å². The zero-order valence-corrected chi connectivity index (χ0v) is 15.6. The number of aliphatic hydroxyl groups excluding tert-OH is 1. The Bertz CT molecular complexity index is 700. The van der Waals surface area contributed by atoms with Crippen LogP contribution in [0.3, 0.4) is 0 Å². The number of hydrogen-bond donors (Lipinski definition) is 1. The van der Waals surface area contributed by atoms with Crippen LogP contribution in [-0.4, -0.2) is 35.9 Å². The quantitative estimate of drug-likeness (QED) is 0.515. The first-order valence-corrected chi connectivity index (χ1v) is 8.87. The van der Waals surface area contributed by atoms with Gasteiger partial charge in [-0.15, -0.1) is 6.58 Å². The second-order valence-electron chi connectivity index (χ2n) is 6.71. The number of halogens is 1. The summed E-state index contributed by atoms with van der Waals surface area (Å²) >= 11 is 0. The summed E-state index contributed by atoms with van der Waals surface area (Å²) in [6, 6.07) is 12.9. The lowest BCUT2D eigenvalue weighted by atomic mass is 10.0. The second-order valence-corrected chi connectivity index (χ2v) is 6.71. The lowest BCUT2D eigenvalue weighted by Gasteiger charge is -2.26. The van der Waals surface area contributed by atoms with Crippen LogP contribution in [0.2, 0.25) is 0 Å². The molecular formula is C22H28FNO2. The highest BCUT2D eigenvalue weighted by atomic mass is 19.1. The van der Waals surface area contributed by atoms with Gasteiger partial charge in [-0.1, -0.05) is 42.0 Å². The average molecular weight is 357 g/mol. The summed E-state index contributed by atoms with van der Waals surface area (Å²) < 4.78 is 18.5. The van der Waals surface area contributed by atoms with Crippen molar-refractivity contribution in [2.45, 2.75) is 33.0 Å². The highest BCUT2D eigenvalue weighted by molar-refractivity contribution is 5.30. The third-order valence-corrected chi connectivity index (χ3v) is 4.23. The monoisotopic (exact) mass is 357 g/mol. The molecule has 2 aromatic rings. The second kappa shape index (κ2) is 10.2. The van der Waals surface area contributed by atoms with E-state index in [4.69, 9.17) is 4.74 Å². The molecule has 4 heteroatoms. The molecule has 0 heterocycles. The van der Waals surface area contributed by atoms with Crippen molar-refractivity contribution in [1.82, 2.24) is 4.90 Å². The van der Waals surface area contributed by atoms with Gasteiger partial charge in [-0.25, -0.2) is 4.39 Å². The topological polar surface area (TPSA) is 32.7 Å². The fourth-order valence-corrected chi connectivity index (χ4v) is 2.94. The molecule has 2 rings (SSSR count). The summed E-state index contributed by atoms with van der Waals surface area (Å²) in [5, 5.41) is 10.3. The first-order valence-electron chi connectivity index (χ1n) is 8.87. The third-order valence-electron chi connectivity index (χ3n) is 4.23. The molecule has 0 fully saturated rings. The molecule has 0 amide bonds. The van der Waals surface area contributed by atoms with Crippen LogP contribution in [0.5, 0.6) is 0 Å². The Morgan fingerprint density at radius 1 is 1.15 bits per heavy atom. The van der Waals surface area contributed by atoms with Crippen molar-refractivity contribution in [2.75, 3.05) is 19.8 Å². The van der Waals surface area contributed by atoms with Gasteiger partial charge in [-0.2, -0.15) is 0 Å². The number of benzene rings is 2. The van der Waals surface area contributed by atoms with E-state index < -0.39 is 6.10 Å². The first kappa shape index (κ1) is 20.3. The molecule has 3 nitrogen and oxygen atoms in total. The maximum Gasteiger partial charge on any atom is 0.123 e. The van der Waals surface area contributed by atoms with Gasteiger partial charge in [0, 0.05) is 19.6 Å². The Morgan fingerprint density at radius 3 is 2.54 bits per heavy atom. The predicted octanol–water partition coefficient (Wildman–Crippen LogP) is 4.01. The molecule has 0 bridgehead atoms. The first-order chi connectivity index (χ1) is 12.5. The molecule has 2 aromatic carbocycles. The van der Waals surface area contributed by atoms with Crippen LogP contribution >= 0.6 is 0 Å². The van der Waals surface area contributed by atoms with Crippen molar-refractivity contribution < 1.29 is 14.2 Å². The Labute approximate surface area is 155 Å². The van der Waals surface area contributed by atoms with E-state index in [-0.39, 0.29) is 12.4 Å². The molecule has 0 saturated heterocycles. The molecule has 0 saturated carbocycles. The summed E-state index contributed by atoms with van der Waals surface area (Å²) in [5.74, 6) is -0.243. The maximum atomic E-state index is 13.2. The van der Waals surface area contributed by atoms with Crippen LogP contribution in [-0.2, 0) is 17.8 Å². The van der Waals surface area contributed by atoms with E-state index in [0.717, 1.165) is 5.56 Å². The van der Waals surface area contributed by atoms with Crippen LogP contribution in [0.4, 0.5) is 4.39 Å².